The first kappa shape index (κ1) is 52.7. The quantitative estimate of drug-likeness (QED) is 0.104. The van der Waals surface area contributed by atoms with Crippen molar-refractivity contribution in [2.24, 2.45) is 23.2 Å². The number of carbonyl (C=O) groups is 5. The summed E-state index contributed by atoms with van der Waals surface area (Å²) in [5.74, 6) is 0.677. The molecule has 2 N–H and O–H groups in total. The van der Waals surface area contributed by atoms with Crippen LogP contribution in [0.15, 0.2) is 35.9 Å². The van der Waals surface area contributed by atoms with Gasteiger partial charge in [0, 0.05) is 63.3 Å². The van der Waals surface area contributed by atoms with Crippen molar-refractivity contribution in [3.63, 3.8) is 0 Å². The van der Waals surface area contributed by atoms with Crippen LogP contribution < -0.4 is 15.0 Å². The Labute approximate surface area is 399 Å². The van der Waals surface area contributed by atoms with Gasteiger partial charge in [0.15, 0.2) is 5.72 Å². The Kier molecular flexibility index (Phi) is 19.6. The minimum Gasteiger partial charge on any atom is -0.495 e. The van der Waals surface area contributed by atoms with E-state index >= 15 is 0 Å². The first-order chi connectivity index (χ1) is 30.9. The van der Waals surface area contributed by atoms with Crippen LogP contribution >= 0.6 is 33.2 Å². The van der Waals surface area contributed by atoms with Gasteiger partial charge in [-0.1, -0.05) is 109 Å². The van der Waals surface area contributed by atoms with Crippen molar-refractivity contribution in [2.75, 3.05) is 44.7 Å². The number of hydrogen-bond acceptors (Lipinski definition) is 12. The number of carbonyl (C=O) groups excluding carboxylic acids is 5. The highest BCUT2D eigenvalue weighted by Gasteiger charge is 2.62. The van der Waals surface area contributed by atoms with Gasteiger partial charge in [-0.15, -0.1) is 0 Å². The van der Waals surface area contributed by atoms with E-state index in [1.54, 1.807) is 54.8 Å². The van der Waals surface area contributed by atoms with Crippen LogP contribution in [0.5, 0.6) is 5.75 Å². The van der Waals surface area contributed by atoms with Crippen molar-refractivity contribution < 1.29 is 48.0 Å². The Balaban J connectivity index is 1.27. The van der Waals surface area contributed by atoms with Crippen LogP contribution in [0.25, 0.3) is 0 Å². The van der Waals surface area contributed by atoms with Crippen molar-refractivity contribution in [2.45, 2.75) is 154 Å². The predicted octanol–water partition coefficient (Wildman–Crippen LogP) is 9.25. The second-order valence-electron chi connectivity index (χ2n) is 18.9. The number of nitrogens with one attached hydrogen (secondary N) is 1. The summed E-state index contributed by atoms with van der Waals surface area (Å²) < 4.78 is 23.4. The lowest BCUT2D eigenvalue weighted by molar-refractivity contribution is -0.163. The lowest BCUT2D eigenvalue weighted by atomic mass is 9.83. The Morgan fingerprint density at radius 1 is 1.05 bits per heavy atom. The number of allylic oxidation sites excluding steroid dienone is 3. The number of anilines is 1. The maximum Gasteiger partial charge on any atom is 0.409 e. The van der Waals surface area contributed by atoms with Gasteiger partial charge in [-0.3, -0.25) is 19.7 Å². The average molecular weight is 963 g/mol. The molecule has 8 atom stereocenters. The Morgan fingerprint density at radius 2 is 1.72 bits per heavy atom. The van der Waals surface area contributed by atoms with E-state index in [0.717, 1.165) is 49.0 Å². The fourth-order valence-corrected chi connectivity index (χ4v) is 12.0. The number of aliphatic hydroxyl groups is 1. The zero-order valence-corrected chi connectivity index (χ0v) is 42.0. The van der Waals surface area contributed by atoms with Crippen LogP contribution in [0.1, 0.15) is 123 Å². The van der Waals surface area contributed by atoms with Gasteiger partial charge in [0.1, 0.15) is 40.9 Å². The van der Waals surface area contributed by atoms with E-state index in [1.807, 2.05) is 39.0 Å². The van der Waals surface area contributed by atoms with Gasteiger partial charge < -0.3 is 33.9 Å². The zero-order valence-electron chi connectivity index (χ0n) is 39.7. The number of rotatable bonds is 14. The third-order valence-electron chi connectivity index (χ3n) is 14.2. The number of Topliss-reactive ketones (excluding diaryl/α,β-unsaturated/α-hetero) is 1. The monoisotopic (exact) mass is 961 g/mol. The van der Waals surface area contributed by atoms with E-state index in [4.69, 9.17) is 30.5 Å². The van der Waals surface area contributed by atoms with E-state index in [9.17, 15) is 29.1 Å². The van der Waals surface area contributed by atoms with Crippen LogP contribution in [0.4, 0.5) is 10.5 Å². The molecular weight excluding hydrogens is 890 g/mol. The number of ketones is 1. The van der Waals surface area contributed by atoms with Crippen LogP contribution in [0.2, 0.25) is 5.02 Å². The molecule has 2 aliphatic heterocycles. The van der Waals surface area contributed by atoms with E-state index < -0.39 is 47.6 Å². The topological polar surface area (TPSA) is 161 Å². The van der Waals surface area contributed by atoms with Gasteiger partial charge >= 0.3 is 12.1 Å². The number of methoxy groups -OCH3 is 2. The molecule has 362 valence electrons. The van der Waals surface area contributed by atoms with E-state index in [0.29, 0.717) is 42.2 Å². The number of esters is 1. The normalized spacial score (nSPS) is 29.8. The molecule has 1 saturated heterocycles. The summed E-state index contributed by atoms with van der Waals surface area (Å²) in [5.41, 5.74) is -0.313. The number of fused-ring (bicyclic) bond motifs is 5. The number of ether oxygens (including phenoxy) is 4. The molecule has 4 bridgehead atoms. The first-order valence-electron chi connectivity index (χ1n) is 23.4. The molecule has 5 rings (SSSR count). The third-order valence-corrected chi connectivity index (χ3v) is 17.1. The van der Waals surface area contributed by atoms with Gasteiger partial charge in [-0.25, -0.2) is 9.59 Å². The van der Waals surface area contributed by atoms with Gasteiger partial charge in [0.25, 0.3) is 0 Å². The molecule has 1 aromatic rings. The highest BCUT2D eigenvalue weighted by atomic mass is 35.5. The molecule has 4 aliphatic rings. The van der Waals surface area contributed by atoms with E-state index in [2.05, 4.69) is 5.32 Å². The largest absolute Gasteiger partial charge is 0.495 e. The summed E-state index contributed by atoms with van der Waals surface area (Å²) in [6.45, 7) is 7.44. The number of amides is 3. The maximum absolute atomic E-state index is 14.4. The fraction of sp³-hybridized carbons (Fsp3) is 0.694. The van der Waals surface area contributed by atoms with E-state index in [-0.39, 0.29) is 53.9 Å². The zero-order chi connectivity index (χ0) is 47.5. The van der Waals surface area contributed by atoms with Crippen molar-refractivity contribution in [1.29, 1.82) is 0 Å². The lowest BCUT2D eigenvalue weighted by Crippen LogP contribution is -2.63. The molecule has 2 heterocycles. The Morgan fingerprint density at radius 3 is 2.40 bits per heavy atom. The second-order valence-corrected chi connectivity index (χ2v) is 21.9. The van der Waals surface area contributed by atoms with E-state index in [1.165, 1.54) is 49.7 Å². The van der Waals surface area contributed by atoms with Crippen molar-refractivity contribution in [1.82, 2.24) is 10.2 Å². The lowest BCUT2D eigenvalue weighted by Gasteiger charge is -2.42. The smallest absolute Gasteiger partial charge is 0.409 e. The third kappa shape index (κ3) is 13.9. The van der Waals surface area contributed by atoms with Crippen molar-refractivity contribution in [3.05, 3.63) is 46.5 Å². The number of likely N-dealkylation sites (N-methyl/N-ethyl adjacent to an activating group) is 1. The number of benzene rings is 1. The molecule has 2 aliphatic carbocycles. The van der Waals surface area contributed by atoms with Crippen LogP contribution in [-0.4, -0.2) is 110 Å². The molecule has 65 heavy (non-hydrogen) atoms. The fourth-order valence-electron chi connectivity index (χ4n) is 9.66. The number of hydrogen-bond donors (Lipinski definition) is 2. The molecule has 0 unspecified atom stereocenters. The molecular formula is C49H72ClN3O10S2. The maximum atomic E-state index is 14.4. The minimum absolute atomic E-state index is 0.0229. The minimum atomic E-state index is -1.78. The number of alkyl carbamates (subject to hydrolysis) is 1. The molecule has 2 saturated carbocycles. The average Bonchev–Trinajstić information content (AvgIpc) is 3.93. The highest BCUT2D eigenvalue weighted by Crippen LogP contribution is 2.61. The molecule has 3 amide bonds. The number of nitrogens with zero attached hydrogens (tertiary/aromatic N) is 2. The first-order valence-corrected chi connectivity index (χ1v) is 26.2. The molecule has 0 aromatic heterocycles. The summed E-state index contributed by atoms with van der Waals surface area (Å²) in [6, 6.07) is 2.70. The molecule has 0 radical (unpaired) electrons. The van der Waals surface area contributed by atoms with Gasteiger partial charge in [-0.05, 0) is 75.5 Å². The van der Waals surface area contributed by atoms with Crippen LogP contribution in [0.3, 0.4) is 0 Å². The standard InChI is InChI=1S/C49H72ClN3O10S2/c1-31-17-15-21-41(61-8)49(59)30-40(62-47(58)51-49)32(2)36-29-48(36,4)42(28-44(56)53(6)37-26-34(25-31)27-39(60-7)45(37)50)63-46(57)33(3)52(5)43(55)22-24-65-64-23-16-20-38(54)35-18-13-11-9-10-12-14-19-35/h15,17,21,26-27,32-33,35-36,40-42,59H,9-14,16,18-20,22-25,28-30H2,1-8H3,(H,51,58)/b21-15+,31-17+/t32-,33-,36-,40-,41+,42-,48-,49-/m0/s1. The SMILES string of the molecule is COc1cc2cc(c1Cl)N(C)C(=O)C[C@H](OC(=O)[C@H](C)N(C)C(=O)CCSSCCCC(=O)C1CCCCCCCC1)[C@@]1(C)C[C@H]1[C@H](C)[C@@H]1C[C@@](O)(NC(=O)O1)[C@H](OC)/C=C/C=C(\C)C2. The van der Waals surface area contributed by atoms with Gasteiger partial charge in [-0.2, -0.15) is 0 Å². The second kappa shape index (κ2) is 24.2. The van der Waals surface area contributed by atoms with Gasteiger partial charge in [0.2, 0.25) is 11.8 Å². The summed E-state index contributed by atoms with van der Waals surface area (Å²) in [5, 5.41) is 14.7. The molecule has 16 heteroatoms. The molecule has 13 nitrogen and oxygen atoms in total. The molecule has 1 aromatic carbocycles. The summed E-state index contributed by atoms with van der Waals surface area (Å²) >= 11 is 6.84. The summed E-state index contributed by atoms with van der Waals surface area (Å²) in [6.07, 6.45) is 13.8. The molecule has 0 spiro atoms. The molecule has 3 fully saturated rings. The highest BCUT2D eigenvalue weighted by molar-refractivity contribution is 8.76. The summed E-state index contributed by atoms with van der Waals surface area (Å²) in [7, 11) is 9.43. The Bertz CT molecular complexity index is 1910. The van der Waals surface area contributed by atoms with Crippen molar-refractivity contribution >= 4 is 68.5 Å². The van der Waals surface area contributed by atoms with Gasteiger partial charge in [0.05, 0.1) is 19.2 Å². The predicted molar refractivity (Wildman–Crippen MR) is 258 cm³/mol. The number of halogens is 1. The van der Waals surface area contributed by atoms with Crippen LogP contribution in [0, 0.1) is 23.2 Å². The Hall–Kier alpha value is -3.24. The van der Waals surface area contributed by atoms with Crippen molar-refractivity contribution in [3.8, 4) is 5.75 Å². The van der Waals surface area contributed by atoms with Crippen LogP contribution in [-0.2, 0) is 39.8 Å². The summed E-state index contributed by atoms with van der Waals surface area (Å²) in [4.78, 5) is 70.6.